The van der Waals surface area contributed by atoms with Gasteiger partial charge in [-0.25, -0.2) is 0 Å². The highest BCUT2D eigenvalue weighted by Crippen LogP contribution is 2.28. The Morgan fingerprint density at radius 2 is 1.94 bits per heavy atom. The molecule has 0 bridgehead atoms. The van der Waals surface area contributed by atoms with Gasteiger partial charge in [0.15, 0.2) is 0 Å². The number of anilines is 1. The summed E-state index contributed by atoms with van der Waals surface area (Å²) in [6, 6.07) is 4.27. The van der Waals surface area contributed by atoms with Crippen LogP contribution in [0.4, 0.5) is 5.69 Å². The van der Waals surface area contributed by atoms with Crippen molar-refractivity contribution >= 4 is 5.69 Å². The van der Waals surface area contributed by atoms with Crippen molar-refractivity contribution in [2.75, 3.05) is 32.1 Å². The molecule has 1 unspecified atom stereocenters. The zero-order chi connectivity index (χ0) is 13.0. The molecule has 0 aliphatic heterocycles. The van der Waals surface area contributed by atoms with Crippen LogP contribution in [0.2, 0.25) is 0 Å². The van der Waals surface area contributed by atoms with E-state index in [4.69, 9.17) is 10.5 Å². The lowest BCUT2D eigenvalue weighted by molar-refractivity contribution is 0.411. The molecule has 2 N–H and O–H groups in total. The van der Waals surface area contributed by atoms with Crippen molar-refractivity contribution in [3.63, 3.8) is 0 Å². The van der Waals surface area contributed by atoms with Crippen molar-refractivity contribution in [1.29, 1.82) is 0 Å². The van der Waals surface area contributed by atoms with Gasteiger partial charge >= 0.3 is 0 Å². The Labute approximate surface area is 105 Å². The molecule has 1 aromatic carbocycles. The fourth-order valence-corrected chi connectivity index (χ4v) is 2.05. The summed E-state index contributed by atoms with van der Waals surface area (Å²) in [6.45, 7) is 8.05. The first-order valence-corrected chi connectivity index (χ1v) is 6.06. The van der Waals surface area contributed by atoms with Gasteiger partial charge in [0.25, 0.3) is 0 Å². The average Bonchev–Trinajstić information content (AvgIpc) is 2.31. The fraction of sp³-hybridized carbons (Fsp3) is 0.571. The summed E-state index contributed by atoms with van der Waals surface area (Å²) in [5, 5.41) is 0. The van der Waals surface area contributed by atoms with Gasteiger partial charge in [-0.3, -0.25) is 0 Å². The van der Waals surface area contributed by atoms with Crippen LogP contribution in [-0.4, -0.2) is 27.2 Å². The lowest BCUT2D eigenvalue weighted by atomic mass is 10.1. The van der Waals surface area contributed by atoms with Crippen LogP contribution in [-0.2, 0) is 0 Å². The third-order valence-corrected chi connectivity index (χ3v) is 3.11. The van der Waals surface area contributed by atoms with Crippen LogP contribution in [0.3, 0.4) is 0 Å². The van der Waals surface area contributed by atoms with E-state index in [1.54, 1.807) is 7.11 Å². The predicted molar refractivity (Wildman–Crippen MR) is 74.0 cm³/mol. The summed E-state index contributed by atoms with van der Waals surface area (Å²) < 4.78 is 5.32. The Hall–Kier alpha value is -1.22. The van der Waals surface area contributed by atoms with Crippen LogP contribution in [0.1, 0.15) is 18.1 Å². The summed E-state index contributed by atoms with van der Waals surface area (Å²) in [5.74, 6) is 1.45. The number of nitrogens with two attached hydrogens (primary N) is 1. The van der Waals surface area contributed by atoms with E-state index in [0.717, 1.165) is 18.8 Å². The van der Waals surface area contributed by atoms with E-state index in [1.807, 2.05) is 0 Å². The van der Waals surface area contributed by atoms with Crippen LogP contribution in [0.5, 0.6) is 5.75 Å². The highest BCUT2D eigenvalue weighted by Gasteiger charge is 2.10. The minimum Gasteiger partial charge on any atom is -0.496 e. The number of hydrogen-bond acceptors (Lipinski definition) is 3. The Morgan fingerprint density at radius 1 is 1.29 bits per heavy atom. The largest absolute Gasteiger partial charge is 0.496 e. The molecule has 1 aromatic rings. The number of ether oxygens (including phenoxy) is 1. The molecule has 0 spiro atoms. The van der Waals surface area contributed by atoms with Crippen LogP contribution < -0.4 is 15.4 Å². The second-order valence-corrected chi connectivity index (χ2v) is 4.83. The number of aryl methyl sites for hydroxylation is 2. The molecule has 1 atom stereocenters. The Morgan fingerprint density at radius 3 is 2.47 bits per heavy atom. The van der Waals surface area contributed by atoms with Gasteiger partial charge in [0.2, 0.25) is 0 Å². The van der Waals surface area contributed by atoms with Gasteiger partial charge in [0.1, 0.15) is 5.75 Å². The van der Waals surface area contributed by atoms with Crippen molar-refractivity contribution in [3.05, 3.63) is 23.3 Å². The molecule has 0 fully saturated rings. The number of methoxy groups -OCH3 is 1. The third-order valence-electron chi connectivity index (χ3n) is 3.11. The van der Waals surface area contributed by atoms with E-state index >= 15 is 0 Å². The van der Waals surface area contributed by atoms with E-state index < -0.39 is 0 Å². The molecule has 3 heteroatoms. The van der Waals surface area contributed by atoms with E-state index in [9.17, 15) is 0 Å². The van der Waals surface area contributed by atoms with Gasteiger partial charge in [-0.1, -0.05) is 6.92 Å². The van der Waals surface area contributed by atoms with Crippen LogP contribution in [0.25, 0.3) is 0 Å². The van der Waals surface area contributed by atoms with Crippen molar-refractivity contribution in [2.45, 2.75) is 20.8 Å². The second-order valence-electron chi connectivity index (χ2n) is 4.83. The van der Waals surface area contributed by atoms with Gasteiger partial charge in [-0.15, -0.1) is 0 Å². The smallest absolute Gasteiger partial charge is 0.122 e. The molecule has 96 valence electrons. The minimum atomic E-state index is 0.502. The second kappa shape index (κ2) is 5.92. The quantitative estimate of drug-likeness (QED) is 0.853. The first-order valence-electron chi connectivity index (χ1n) is 6.06. The maximum atomic E-state index is 5.67. The average molecular weight is 236 g/mol. The normalized spacial score (nSPS) is 12.4. The number of benzene rings is 1. The summed E-state index contributed by atoms with van der Waals surface area (Å²) in [7, 11) is 3.82. The molecule has 0 aliphatic rings. The monoisotopic (exact) mass is 236 g/mol. The first kappa shape index (κ1) is 13.8. The lowest BCUT2D eigenvalue weighted by Gasteiger charge is -2.25. The fourth-order valence-electron chi connectivity index (χ4n) is 2.05. The molecule has 0 amide bonds. The molecule has 1 rings (SSSR count). The summed E-state index contributed by atoms with van der Waals surface area (Å²) in [5.41, 5.74) is 9.32. The SMILES string of the molecule is COc1cc(C)c(N(C)CC(C)CN)cc1C. The molecule has 0 heterocycles. The van der Waals surface area contributed by atoms with Crippen molar-refractivity contribution in [1.82, 2.24) is 0 Å². The molecule has 17 heavy (non-hydrogen) atoms. The Balaban J connectivity index is 2.94. The van der Waals surface area contributed by atoms with E-state index in [2.05, 4.69) is 44.9 Å². The highest BCUT2D eigenvalue weighted by molar-refractivity contribution is 5.58. The molecule has 3 nitrogen and oxygen atoms in total. The maximum Gasteiger partial charge on any atom is 0.122 e. The van der Waals surface area contributed by atoms with Crippen LogP contribution >= 0.6 is 0 Å². The first-order chi connectivity index (χ1) is 7.99. The lowest BCUT2D eigenvalue weighted by Crippen LogP contribution is -2.28. The topological polar surface area (TPSA) is 38.5 Å². The molecular formula is C14H24N2O. The molecule has 0 saturated carbocycles. The number of rotatable bonds is 5. The van der Waals surface area contributed by atoms with Gasteiger partial charge < -0.3 is 15.4 Å². The number of hydrogen-bond donors (Lipinski definition) is 1. The van der Waals surface area contributed by atoms with Crippen LogP contribution in [0.15, 0.2) is 12.1 Å². The van der Waals surface area contributed by atoms with E-state index in [-0.39, 0.29) is 0 Å². The minimum absolute atomic E-state index is 0.502. The van der Waals surface area contributed by atoms with Gasteiger partial charge in [0.05, 0.1) is 7.11 Å². The molecule has 0 aromatic heterocycles. The zero-order valence-electron chi connectivity index (χ0n) is 11.6. The van der Waals surface area contributed by atoms with E-state index in [0.29, 0.717) is 5.92 Å². The van der Waals surface area contributed by atoms with Crippen molar-refractivity contribution in [3.8, 4) is 5.75 Å². The summed E-state index contributed by atoms with van der Waals surface area (Å²) in [6.07, 6.45) is 0. The molecule has 0 aliphatic carbocycles. The molecule has 0 saturated heterocycles. The van der Waals surface area contributed by atoms with Crippen molar-refractivity contribution in [2.24, 2.45) is 11.7 Å². The number of nitrogens with zero attached hydrogens (tertiary/aromatic N) is 1. The van der Waals surface area contributed by atoms with E-state index in [1.165, 1.54) is 16.8 Å². The van der Waals surface area contributed by atoms with Gasteiger partial charge in [-0.05, 0) is 49.6 Å². The predicted octanol–water partition coefficient (Wildman–Crippen LogP) is 2.34. The van der Waals surface area contributed by atoms with Gasteiger partial charge in [-0.2, -0.15) is 0 Å². The summed E-state index contributed by atoms with van der Waals surface area (Å²) >= 11 is 0. The Kier molecular flexibility index (Phi) is 4.82. The summed E-state index contributed by atoms with van der Waals surface area (Å²) in [4.78, 5) is 2.26. The molecule has 0 radical (unpaired) electrons. The zero-order valence-corrected chi connectivity index (χ0v) is 11.6. The Bertz CT molecular complexity index is 377. The third kappa shape index (κ3) is 3.37. The van der Waals surface area contributed by atoms with Crippen molar-refractivity contribution < 1.29 is 4.74 Å². The van der Waals surface area contributed by atoms with Gasteiger partial charge in [0, 0.05) is 19.3 Å². The highest BCUT2D eigenvalue weighted by atomic mass is 16.5. The molecular weight excluding hydrogens is 212 g/mol. The standard InChI is InChI=1S/C14H24N2O/c1-10(8-15)9-16(4)13-6-12(3)14(17-5)7-11(13)2/h6-7,10H,8-9,15H2,1-5H3. The maximum absolute atomic E-state index is 5.67. The van der Waals surface area contributed by atoms with Crippen LogP contribution in [0, 0.1) is 19.8 Å².